The van der Waals surface area contributed by atoms with Crippen LogP contribution in [0.3, 0.4) is 0 Å². The molecule has 5 nitrogen and oxygen atoms in total. The van der Waals surface area contributed by atoms with E-state index in [4.69, 9.17) is 27.9 Å². The van der Waals surface area contributed by atoms with Gasteiger partial charge in [0.05, 0.1) is 29.5 Å². The number of benzene rings is 2. The van der Waals surface area contributed by atoms with Crippen LogP contribution in [-0.4, -0.2) is 43.0 Å². The first-order valence-corrected chi connectivity index (χ1v) is 10.1. The molecule has 2 heterocycles. The van der Waals surface area contributed by atoms with Crippen molar-refractivity contribution in [1.82, 2.24) is 4.90 Å². The van der Waals surface area contributed by atoms with Gasteiger partial charge in [-0.2, -0.15) is 0 Å². The Balaban J connectivity index is 1.89. The van der Waals surface area contributed by atoms with Gasteiger partial charge in [-0.15, -0.1) is 0 Å². The van der Waals surface area contributed by atoms with Crippen molar-refractivity contribution >= 4 is 46.3 Å². The molecule has 2 aliphatic heterocycles. The lowest BCUT2D eigenvalue weighted by Crippen LogP contribution is -2.40. The first kappa shape index (κ1) is 20.0. The molecule has 0 aliphatic carbocycles. The van der Waals surface area contributed by atoms with E-state index in [9.17, 15) is 9.59 Å². The summed E-state index contributed by atoms with van der Waals surface area (Å²) in [6, 6.07) is 10.6. The Morgan fingerprint density at radius 3 is 2.34 bits per heavy atom. The molecule has 2 aromatic rings. The quantitative estimate of drug-likeness (QED) is 0.683. The molecule has 1 saturated heterocycles. The van der Waals surface area contributed by atoms with Crippen LogP contribution in [0.15, 0.2) is 42.1 Å². The Morgan fingerprint density at radius 2 is 1.66 bits per heavy atom. The van der Waals surface area contributed by atoms with Crippen molar-refractivity contribution in [1.29, 1.82) is 0 Å². The SMILES string of the molecule is Cc1ccc(C2=C(N3CCOCC3)C(=O)N(c3cc(Cl)ccc3Cl)C2=O)c(C)c1. The van der Waals surface area contributed by atoms with E-state index in [-0.39, 0.29) is 0 Å². The van der Waals surface area contributed by atoms with Crippen molar-refractivity contribution in [2.45, 2.75) is 13.8 Å². The van der Waals surface area contributed by atoms with E-state index in [1.165, 1.54) is 0 Å². The summed E-state index contributed by atoms with van der Waals surface area (Å²) in [5, 5.41) is 0.692. The average Bonchev–Trinajstić information content (AvgIpc) is 2.95. The minimum Gasteiger partial charge on any atom is -0.378 e. The lowest BCUT2D eigenvalue weighted by Gasteiger charge is -2.29. The molecule has 2 aromatic carbocycles. The number of halogens is 2. The Kier molecular flexibility index (Phi) is 5.38. The zero-order valence-corrected chi connectivity index (χ0v) is 17.7. The second-order valence-electron chi connectivity index (χ2n) is 7.18. The topological polar surface area (TPSA) is 49.9 Å². The molecule has 0 atom stereocenters. The molecule has 0 saturated carbocycles. The van der Waals surface area contributed by atoms with Crippen molar-refractivity contribution in [3.63, 3.8) is 0 Å². The van der Waals surface area contributed by atoms with Crippen LogP contribution in [-0.2, 0) is 14.3 Å². The van der Waals surface area contributed by atoms with Crippen molar-refractivity contribution in [2.75, 3.05) is 31.2 Å². The number of imide groups is 1. The average molecular weight is 431 g/mol. The summed E-state index contributed by atoms with van der Waals surface area (Å²) in [7, 11) is 0. The first-order valence-electron chi connectivity index (χ1n) is 9.37. The molecule has 29 heavy (non-hydrogen) atoms. The van der Waals surface area contributed by atoms with Crippen molar-refractivity contribution in [3.05, 3.63) is 68.8 Å². The summed E-state index contributed by atoms with van der Waals surface area (Å²) in [6.45, 7) is 6.03. The molecule has 0 unspecified atom stereocenters. The number of aryl methyl sites for hydroxylation is 2. The molecule has 2 amide bonds. The highest BCUT2D eigenvalue weighted by molar-refractivity contribution is 6.47. The third kappa shape index (κ3) is 3.54. The van der Waals surface area contributed by atoms with Gasteiger partial charge in [-0.05, 0) is 43.2 Å². The van der Waals surface area contributed by atoms with Crippen LogP contribution >= 0.6 is 23.2 Å². The largest absolute Gasteiger partial charge is 0.378 e. The molecular weight excluding hydrogens is 411 g/mol. The van der Waals surface area contributed by atoms with Crippen LogP contribution in [0, 0.1) is 13.8 Å². The maximum atomic E-state index is 13.6. The number of rotatable bonds is 3. The van der Waals surface area contributed by atoms with Crippen LogP contribution in [0.4, 0.5) is 5.69 Å². The minimum atomic E-state index is -0.396. The van der Waals surface area contributed by atoms with Crippen LogP contribution < -0.4 is 4.90 Å². The lowest BCUT2D eigenvalue weighted by molar-refractivity contribution is -0.121. The van der Waals surface area contributed by atoms with Gasteiger partial charge >= 0.3 is 0 Å². The van der Waals surface area contributed by atoms with E-state index in [0.29, 0.717) is 53.3 Å². The number of hydrogen-bond donors (Lipinski definition) is 0. The lowest BCUT2D eigenvalue weighted by atomic mass is 9.97. The predicted octanol–water partition coefficient (Wildman–Crippen LogP) is 4.23. The summed E-state index contributed by atoms with van der Waals surface area (Å²) in [4.78, 5) is 30.1. The van der Waals surface area contributed by atoms with Gasteiger partial charge in [-0.3, -0.25) is 9.59 Å². The second kappa shape index (κ2) is 7.82. The van der Waals surface area contributed by atoms with E-state index in [1.807, 2.05) is 36.9 Å². The first-order chi connectivity index (χ1) is 13.9. The van der Waals surface area contributed by atoms with E-state index < -0.39 is 11.8 Å². The molecule has 0 radical (unpaired) electrons. The van der Waals surface area contributed by atoms with Gasteiger partial charge in [0, 0.05) is 18.1 Å². The van der Waals surface area contributed by atoms with Crippen LogP contribution in [0.2, 0.25) is 10.0 Å². The van der Waals surface area contributed by atoms with Gasteiger partial charge in [-0.1, -0.05) is 47.0 Å². The molecule has 0 spiro atoms. The van der Waals surface area contributed by atoms with Crippen LogP contribution in [0.5, 0.6) is 0 Å². The normalized spacial score (nSPS) is 17.5. The van der Waals surface area contributed by atoms with Gasteiger partial charge in [0.15, 0.2) is 0 Å². The highest BCUT2D eigenvalue weighted by Crippen LogP contribution is 2.39. The Hall–Kier alpha value is -2.34. The highest BCUT2D eigenvalue weighted by atomic mass is 35.5. The molecule has 0 aromatic heterocycles. The summed E-state index contributed by atoms with van der Waals surface area (Å²) >= 11 is 12.5. The summed E-state index contributed by atoms with van der Waals surface area (Å²) < 4.78 is 5.44. The van der Waals surface area contributed by atoms with Gasteiger partial charge in [0.25, 0.3) is 11.8 Å². The summed E-state index contributed by atoms with van der Waals surface area (Å²) in [5.74, 6) is -0.788. The number of carbonyl (C=O) groups is 2. The molecule has 150 valence electrons. The van der Waals surface area contributed by atoms with Crippen molar-refractivity contribution in [2.24, 2.45) is 0 Å². The minimum absolute atomic E-state index is 0.291. The second-order valence-corrected chi connectivity index (χ2v) is 8.03. The molecule has 0 bridgehead atoms. The van der Waals surface area contributed by atoms with Crippen LogP contribution in [0.1, 0.15) is 16.7 Å². The van der Waals surface area contributed by atoms with Crippen LogP contribution in [0.25, 0.3) is 5.57 Å². The van der Waals surface area contributed by atoms with E-state index in [1.54, 1.807) is 18.2 Å². The third-order valence-electron chi connectivity index (χ3n) is 5.19. The van der Waals surface area contributed by atoms with Gasteiger partial charge in [0.2, 0.25) is 0 Å². The number of hydrogen-bond acceptors (Lipinski definition) is 4. The molecule has 4 rings (SSSR count). The van der Waals surface area contributed by atoms with Gasteiger partial charge in [0.1, 0.15) is 5.70 Å². The highest BCUT2D eigenvalue weighted by Gasteiger charge is 2.43. The predicted molar refractivity (Wildman–Crippen MR) is 114 cm³/mol. The summed E-state index contributed by atoms with van der Waals surface area (Å²) in [6.07, 6.45) is 0. The molecule has 7 heteroatoms. The van der Waals surface area contributed by atoms with Gasteiger partial charge in [-0.25, -0.2) is 4.90 Å². The monoisotopic (exact) mass is 430 g/mol. The molecular formula is C22H20Cl2N2O3. The third-order valence-corrected chi connectivity index (χ3v) is 5.74. The Labute approximate surface area is 179 Å². The molecule has 2 aliphatic rings. The zero-order valence-electron chi connectivity index (χ0n) is 16.2. The van der Waals surface area contributed by atoms with E-state index in [0.717, 1.165) is 21.6 Å². The number of morpholine rings is 1. The number of amides is 2. The smallest absolute Gasteiger partial charge is 0.282 e. The molecule has 0 N–H and O–H groups in total. The van der Waals surface area contributed by atoms with Crippen molar-refractivity contribution < 1.29 is 14.3 Å². The Morgan fingerprint density at radius 1 is 0.931 bits per heavy atom. The standard InChI is InChI=1S/C22H20Cl2N2O3/c1-13-3-5-16(14(2)11-13)19-20(25-7-9-29-10-8-25)22(28)26(21(19)27)18-12-15(23)4-6-17(18)24/h3-6,11-12H,7-10H2,1-2H3. The number of nitrogens with zero attached hydrogens (tertiary/aromatic N) is 2. The maximum absolute atomic E-state index is 13.6. The Bertz CT molecular complexity index is 1040. The number of carbonyl (C=O) groups excluding carboxylic acids is 2. The fourth-order valence-corrected chi connectivity index (χ4v) is 4.18. The molecule has 1 fully saturated rings. The number of anilines is 1. The van der Waals surface area contributed by atoms with Crippen molar-refractivity contribution in [3.8, 4) is 0 Å². The fourth-order valence-electron chi connectivity index (χ4n) is 3.81. The maximum Gasteiger partial charge on any atom is 0.282 e. The summed E-state index contributed by atoms with van der Waals surface area (Å²) in [5.41, 5.74) is 3.85. The van der Waals surface area contributed by atoms with Gasteiger partial charge < -0.3 is 9.64 Å². The zero-order chi connectivity index (χ0) is 20.7. The number of ether oxygens (including phenoxy) is 1. The fraction of sp³-hybridized carbons (Fsp3) is 0.273. The van der Waals surface area contributed by atoms with E-state index >= 15 is 0 Å². The van der Waals surface area contributed by atoms with E-state index in [2.05, 4.69) is 0 Å².